The summed E-state index contributed by atoms with van der Waals surface area (Å²) in [6, 6.07) is 11.1. The van der Waals surface area contributed by atoms with Crippen LogP contribution < -0.4 is 0 Å². The highest BCUT2D eigenvalue weighted by molar-refractivity contribution is 5.83. The van der Waals surface area contributed by atoms with Crippen molar-refractivity contribution < 1.29 is 18.7 Å². The average Bonchev–Trinajstić information content (AvgIpc) is 2.93. The lowest BCUT2D eigenvalue weighted by Gasteiger charge is -1.95. The van der Waals surface area contributed by atoms with Gasteiger partial charge in [-0.05, 0) is 18.2 Å². The van der Waals surface area contributed by atoms with Crippen LogP contribution in [-0.2, 0) is 11.2 Å². The number of carboxylic acids is 1. The van der Waals surface area contributed by atoms with Gasteiger partial charge in [-0.25, -0.2) is 0 Å². The van der Waals surface area contributed by atoms with Gasteiger partial charge in [-0.3, -0.25) is 4.79 Å². The molecule has 0 bridgehead atoms. The number of fused-ring (bicyclic) bond motifs is 1. The summed E-state index contributed by atoms with van der Waals surface area (Å²) in [5, 5.41) is 9.79. The molecule has 0 atom stereocenters. The Morgan fingerprint density at radius 3 is 2.83 bits per heavy atom. The highest BCUT2D eigenvalue weighted by Gasteiger charge is 2.15. The molecule has 0 saturated carbocycles. The van der Waals surface area contributed by atoms with Gasteiger partial charge in [-0.15, -0.1) is 0 Å². The van der Waals surface area contributed by atoms with Crippen LogP contribution in [0.2, 0.25) is 0 Å². The van der Waals surface area contributed by atoms with E-state index in [4.69, 9.17) is 13.9 Å². The fourth-order valence-electron chi connectivity index (χ4n) is 1.95. The zero-order valence-electron chi connectivity index (χ0n) is 9.42. The van der Waals surface area contributed by atoms with Gasteiger partial charge in [0.1, 0.15) is 5.58 Å². The Balaban J connectivity index is 2.08. The standard InChI is InChI=1S/C14H10O4/c15-13(16)8-10-5-6-17-14(10)12-7-9-3-1-2-4-11(9)18-12/h1-7H,8H2,(H,15,16). The number of benzene rings is 1. The first-order valence-electron chi connectivity index (χ1n) is 5.51. The number of carboxylic acid groups (broad SMARTS) is 1. The summed E-state index contributed by atoms with van der Waals surface area (Å²) in [6.45, 7) is 0. The Hall–Kier alpha value is -2.49. The van der Waals surface area contributed by atoms with Crippen LogP contribution in [-0.4, -0.2) is 11.1 Å². The summed E-state index contributed by atoms with van der Waals surface area (Å²) in [6.07, 6.45) is 1.39. The molecule has 4 nitrogen and oxygen atoms in total. The van der Waals surface area contributed by atoms with Crippen LogP contribution in [0, 0.1) is 0 Å². The van der Waals surface area contributed by atoms with Gasteiger partial charge in [0.2, 0.25) is 0 Å². The molecule has 0 amide bonds. The van der Waals surface area contributed by atoms with E-state index in [-0.39, 0.29) is 6.42 Å². The molecule has 0 unspecified atom stereocenters. The van der Waals surface area contributed by atoms with Crippen molar-refractivity contribution in [3.63, 3.8) is 0 Å². The van der Waals surface area contributed by atoms with Crippen LogP contribution in [0.1, 0.15) is 5.56 Å². The summed E-state index contributed by atoms with van der Waals surface area (Å²) in [7, 11) is 0. The minimum Gasteiger partial charge on any atom is -0.481 e. The van der Waals surface area contributed by atoms with Gasteiger partial charge in [0, 0.05) is 10.9 Å². The van der Waals surface area contributed by atoms with Gasteiger partial charge in [-0.2, -0.15) is 0 Å². The minimum absolute atomic E-state index is 0.0805. The molecule has 0 radical (unpaired) electrons. The smallest absolute Gasteiger partial charge is 0.307 e. The Labute approximate surface area is 102 Å². The number of carbonyl (C=O) groups is 1. The van der Waals surface area contributed by atoms with E-state index >= 15 is 0 Å². The molecule has 0 aliphatic carbocycles. The summed E-state index contributed by atoms with van der Waals surface area (Å²) < 4.78 is 11.0. The van der Waals surface area contributed by atoms with E-state index in [1.165, 1.54) is 6.26 Å². The topological polar surface area (TPSA) is 63.6 Å². The number of aliphatic carboxylic acids is 1. The molecule has 0 aliphatic heterocycles. The molecule has 4 heteroatoms. The maximum absolute atomic E-state index is 10.8. The summed E-state index contributed by atoms with van der Waals surface area (Å²) in [5.41, 5.74) is 1.37. The quantitative estimate of drug-likeness (QED) is 0.765. The van der Waals surface area contributed by atoms with Gasteiger partial charge >= 0.3 is 5.97 Å². The SMILES string of the molecule is O=C(O)Cc1ccoc1-c1cc2ccccc2o1. The summed E-state index contributed by atoms with van der Waals surface area (Å²) in [5.74, 6) is 0.139. The maximum atomic E-state index is 10.8. The van der Waals surface area contributed by atoms with E-state index in [9.17, 15) is 4.79 Å². The molecule has 2 aromatic heterocycles. The second kappa shape index (κ2) is 4.07. The van der Waals surface area contributed by atoms with Crippen molar-refractivity contribution in [3.05, 3.63) is 48.2 Å². The summed E-state index contributed by atoms with van der Waals surface area (Å²) in [4.78, 5) is 10.8. The molecular weight excluding hydrogens is 232 g/mol. The predicted octanol–water partition coefficient (Wildman–Crippen LogP) is 3.32. The number of hydrogen-bond donors (Lipinski definition) is 1. The largest absolute Gasteiger partial charge is 0.481 e. The second-order valence-corrected chi connectivity index (χ2v) is 3.99. The van der Waals surface area contributed by atoms with Crippen molar-refractivity contribution in [2.45, 2.75) is 6.42 Å². The van der Waals surface area contributed by atoms with Crippen molar-refractivity contribution in [1.82, 2.24) is 0 Å². The molecule has 3 rings (SSSR count). The lowest BCUT2D eigenvalue weighted by Crippen LogP contribution is -1.99. The van der Waals surface area contributed by atoms with Crippen molar-refractivity contribution in [1.29, 1.82) is 0 Å². The lowest BCUT2D eigenvalue weighted by molar-refractivity contribution is -0.136. The fraction of sp³-hybridized carbons (Fsp3) is 0.0714. The molecule has 0 fully saturated rings. The zero-order valence-corrected chi connectivity index (χ0v) is 9.42. The van der Waals surface area contributed by atoms with Crippen molar-refractivity contribution in [3.8, 4) is 11.5 Å². The van der Waals surface area contributed by atoms with E-state index in [1.54, 1.807) is 6.07 Å². The van der Waals surface area contributed by atoms with E-state index in [0.717, 1.165) is 11.0 Å². The molecule has 90 valence electrons. The van der Waals surface area contributed by atoms with E-state index in [1.807, 2.05) is 30.3 Å². The Kier molecular flexibility index (Phi) is 2.41. The van der Waals surface area contributed by atoms with Crippen LogP contribution in [0.15, 0.2) is 51.5 Å². The van der Waals surface area contributed by atoms with Crippen molar-refractivity contribution in [2.24, 2.45) is 0 Å². The first kappa shape index (κ1) is 10.7. The van der Waals surface area contributed by atoms with Crippen LogP contribution in [0.3, 0.4) is 0 Å². The lowest BCUT2D eigenvalue weighted by atomic mass is 10.1. The molecular formula is C14H10O4. The predicted molar refractivity (Wildman–Crippen MR) is 65.3 cm³/mol. The third-order valence-electron chi connectivity index (χ3n) is 2.74. The molecule has 3 aromatic rings. The third-order valence-corrected chi connectivity index (χ3v) is 2.74. The Morgan fingerprint density at radius 1 is 1.22 bits per heavy atom. The van der Waals surface area contributed by atoms with Crippen LogP contribution in [0.25, 0.3) is 22.5 Å². The third kappa shape index (κ3) is 1.78. The normalized spacial score (nSPS) is 10.9. The van der Waals surface area contributed by atoms with Crippen LogP contribution >= 0.6 is 0 Å². The van der Waals surface area contributed by atoms with Gasteiger partial charge in [0.25, 0.3) is 0 Å². The van der Waals surface area contributed by atoms with E-state index in [0.29, 0.717) is 17.1 Å². The number of rotatable bonds is 3. The number of furan rings is 2. The first-order chi connectivity index (χ1) is 8.74. The Bertz CT molecular complexity index is 672. The highest BCUT2D eigenvalue weighted by atomic mass is 16.4. The van der Waals surface area contributed by atoms with Gasteiger partial charge in [-0.1, -0.05) is 18.2 Å². The molecule has 1 N–H and O–H groups in total. The van der Waals surface area contributed by atoms with Crippen LogP contribution in [0.4, 0.5) is 0 Å². The van der Waals surface area contributed by atoms with Gasteiger partial charge in [0.05, 0.1) is 12.7 Å². The molecule has 0 aliphatic rings. The minimum atomic E-state index is -0.895. The molecule has 2 heterocycles. The average molecular weight is 242 g/mol. The van der Waals surface area contributed by atoms with E-state index < -0.39 is 5.97 Å². The van der Waals surface area contributed by atoms with E-state index in [2.05, 4.69) is 0 Å². The van der Waals surface area contributed by atoms with Gasteiger partial charge in [0.15, 0.2) is 11.5 Å². The molecule has 0 saturated heterocycles. The fourth-order valence-corrected chi connectivity index (χ4v) is 1.95. The zero-order chi connectivity index (χ0) is 12.5. The molecule has 0 spiro atoms. The summed E-state index contributed by atoms with van der Waals surface area (Å²) >= 11 is 0. The van der Waals surface area contributed by atoms with Gasteiger partial charge < -0.3 is 13.9 Å². The highest BCUT2D eigenvalue weighted by Crippen LogP contribution is 2.30. The first-order valence-corrected chi connectivity index (χ1v) is 5.51. The number of para-hydroxylation sites is 1. The molecule has 1 aromatic carbocycles. The van der Waals surface area contributed by atoms with Crippen molar-refractivity contribution in [2.75, 3.05) is 0 Å². The van der Waals surface area contributed by atoms with Crippen molar-refractivity contribution >= 4 is 16.9 Å². The molecule has 18 heavy (non-hydrogen) atoms. The Morgan fingerprint density at radius 2 is 2.06 bits per heavy atom. The maximum Gasteiger partial charge on any atom is 0.307 e. The van der Waals surface area contributed by atoms with Crippen LogP contribution in [0.5, 0.6) is 0 Å². The monoisotopic (exact) mass is 242 g/mol. The number of hydrogen-bond acceptors (Lipinski definition) is 3. The second-order valence-electron chi connectivity index (χ2n) is 3.99.